The second-order valence-electron chi connectivity index (χ2n) is 9.09. The molecular weight excluding hydrogens is 414 g/mol. The molecule has 0 heterocycles. The molecule has 32 heavy (non-hydrogen) atoms. The van der Waals surface area contributed by atoms with E-state index >= 15 is 0 Å². The third-order valence-corrected chi connectivity index (χ3v) is 7.12. The van der Waals surface area contributed by atoms with E-state index in [4.69, 9.17) is 0 Å². The molecule has 3 aliphatic carbocycles. The number of carbonyl (C=O) groups excluding carboxylic acids is 3. The van der Waals surface area contributed by atoms with E-state index in [1.54, 1.807) is 20.2 Å². The van der Waals surface area contributed by atoms with Crippen LogP contribution in [-0.2, 0) is 27.2 Å². The number of aromatic hydroxyl groups is 1. The number of phenols is 1. The van der Waals surface area contributed by atoms with Gasteiger partial charge in [-0.05, 0) is 56.5 Å². The number of likely N-dealkylation sites (N-methyl/N-ethyl adjacent to an activating group) is 1. The number of ketones is 3. The molecule has 8 nitrogen and oxygen atoms in total. The number of Topliss-reactive ketones (excluding diaryl/α,β-unsaturated/α-hetero) is 3. The molecule has 2 unspecified atom stereocenters. The van der Waals surface area contributed by atoms with Crippen LogP contribution in [0.4, 0.5) is 0 Å². The Bertz CT molecular complexity index is 1100. The highest BCUT2D eigenvalue weighted by atomic mass is 16.3. The predicted octanol–water partition coefficient (Wildman–Crippen LogP) is 1.63. The monoisotopic (exact) mass is 441 g/mol. The van der Waals surface area contributed by atoms with Gasteiger partial charge in [0.1, 0.15) is 17.1 Å². The second-order valence-corrected chi connectivity index (χ2v) is 9.09. The summed E-state index contributed by atoms with van der Waals surface area (Å²) < 4.78 is 0. The molecule has 0 aliphatic heterocycles. The lowest BCUT2D eigenvalue weighted by Gasteiger charge is -2.50. The summed E-state index contributed by atoms with van der Waals surface area (Å²) in [6, 6.07) is 2.26. The molecule has 4 N–H and O–H groups in total. The van der Waals surface area contributed by atoms with Gasteiger partial charge in [0.25, 0.3) is 0 Å². The van der Waals surface area contributed by atoms with E-state index in [0.29, 0.717) is 12.7 Å². The quantitative estimate of drug-likeness (QED) is 0.241. The lowest BCUT2D eigenvalue weighted by molar-refractivity contribution is -0.165. The average molecular weight is 441 g/mol. The molecule has 4 atom stereocenters. The first-order chi connectivity index (χ1) is 15.1. The minimum absolute atomic E-state index is 0.112. The van der Waals surface area contributed by atoms with Crippen molar-refractivity contribution in [1.82, 2.24) is 4.90 Å². The van der Waals surface area contributed by atoms with Crippen LogP contribution in [-0.4, -0.2) is 68.4 Å². The van der Waals surface area contributed by atoms with Crippen molar-refractivity contribution in [2.24, 2.45) is 11.8 Å². The van der Waals surface area contributed by atoms with E-state index < -0.39 is 52.2 Å². The molecule has 1 aromatic carbocycles. The van der Waals surface area contributed by atoms with Crippen LogP contribution in [0.25, 0.3) is 5.76 Å². The molecule has 0 saturated heterocycles. The lowest BCUT2D eigenvalue weighted by atomic mass is 9.56. The van der Waals surface area contributed by atoms with Crippen LogP contribution < -0.4 is 0 Å². The molecule has 3 aliphatic rings. The van der Waals surface area contributed by atoms with Crippen LogP contribution >= 0.6 is 0 Å². The van der Waals surface area contributed by atoms with Gasteiger partial charge in [0.2, 0.25) is 11.6 Å². The van der Waals surface area contributed by atoms with E-state index in [-0.39, 0.29) is 23.3 Å². The molecule has 0 amide bonds. The third-order valence-electron chi connectivity index (χ3n) is 7.12. The Kier molecular flexibility index (Phi) is 5.26. The maximum absolute atomic E-state index is 13.6. The van der Waals surface area contributed by atoms with Gasteiger partial charge in [-0.25, -0.2) is 0 Å². The van der Waals surface area contributed by atoms with Gasteiger partial charge < -0.3 is 20.4 Å². The van der Waals surface area contributed by atoms with Crippen LogP contribution in [0.3, 0.4) is 0 Å². The molecule has 170 valence electrons. The number of hydrogen-bond acceptors (Lipinski definition) is 8. The zero-order chi connectivity index (χ0) is 23.5. The molecule has 1 aromatic rings. The van der Waals surface area contributed by atoms with E-state index in [1.807, 2.05) is 6.92 Å². The topological polar surface area (TPSA) is 135 Å². The molecule has 4 rings (SSSR count). The van der Waals surface area contributed by atoms with Crippen LogP contribution in [0, 0.1) is 11.8 Å². The Hall–Kier alpha value is -2.97. The standard InChI is InChI=1S/C24H27NO7/c1-4-5-11-6-7-16(27)18-13(11)8-12-9-15-19(25(2)3)20(28)14(10-26)22(30)24(15,32)23(31)17(12)21(18)29/h6-7,10,12,15,19,26-27,29,32H,4-5,8-9H2,1-3H3/t12-,15?,19?,24+/m1/s1. The Morgan fingerprint density at radius 3 is 2.44 bits per heavy atom. The first-order valence-corrected chi connectivity index (χ1v) is 10.7. The van der Waals surface area contributed by atoms with Gasteiger partial charge in [-0.15, -0.1) is 0 Å². The van der Waals surface area contributed by atoms with Crippen LogP contribution in [0.15, 0.2) is 29.5 Å². The van der Waals surface area contributed by atoms with Crippen LogP contribution in [0.5, 0.6) is 5.75 Å². The number of benzene rings is 1. The number of hydrogen-bond donors (Lipinski definition) is 4. The van der Waals surface area contributed by atoms with E-state index in [9.17, 15) is 34.8 Å². The Morgan fingerprint density at radius 1 is 1.16 bits per heavy atom. The SMILES string of the molecule is CCCc1ccc(O)c2c1C[C@@H]1CC3C(N(C)C)C(=O)C(=CO)C(=O)[C@]3(O)C(=O)C1=C2O. The smallest absolute Gasteiger partial charge is 0.209 e. The molecule has 8 heteroatoms. The van der Waals surface area contributed by atoms with Crippen molar-refractivity contribution in [2.45, 2.75) is 44.2 Å². The molecule has 2 fully saturated rings. The summed E-state index contributed by atoms with van der Waals surface area (Å²) in [4.78, 5) is 41.1. The summed E-state index contributed by atoms with van der Waals surface area (Å²) in [6.07, 6.45) is 2.36. The number of fused-ring (bicyclic) bond motifs is 3. The van der Waals surface area contributed by atoms with Crippen molar-refractivity contribution in [1.29, 1.82) is 0 Å². The van der Waals surface area contributed by atoms with Crippen LogP contribution in [0.2, 0.25) is 0 Å². The van der Waals surface area contributed by atoms with Crippen molar-refractivity contribution in [2.75, 3.05) is 14.1 Å². The predicted molar refractivity (Wildman–Crippen MR) is 115 cm³/mol. The van der Waals surface area contributed by atoms with Gasteiger partial charge >= 0.3 is 0 Å². The van der Waals surface area contributed by atoms with Gasteiger partial charge in [-0.2, -0.15) is 0 Å². The number of carbonyl (C=O) groups is 3. The summed E-state index contributed by atoms with van der Waals surface area (Å²) in [5.74, 6) is -4.98. The lowest BCUT2D eigenvalue weighted by Crippen LogP contribution is -2.69. The fourth-order valence-electron chi connectivity index (χ4n) is 5.71. The third kappa shape index (κ3) is 2.79. The zero-order valence-corrected chi connectivity index (χ0v) is 18.3. The van der Waals surface area contributed by atoms with E-state index in [1.165, 1.54) is 11.0 Å². The Labute approximate surface area is 185 Å². The normalized spacial score (nSPS) is 31.1. The highest BCUT2D eigenvalue weighted by molar-refractivity contribution is 6.35. The summed E-state index contributed by atoms with van der Waals surface area (Å²) in [6.45, 7) is 2.01. The highest BCUT2D eigenvalue weighted by Gasteiger charge is 2.65. The van der Waals surface area contributed by atoms with Crippen molar-refractivity contribution >= 4 is 23.1 Å². The highest BCUT2D eigenvalue weighted by Crippen LogP contribution is 2.51. The van der Waals surface area contributed by atoms with Gasteiger partial charge in [0, 0.05) is 11.5 Å². The van der Waals surface area contributed by atoms with Crippen LogP contribution in [0.1, 0.15) is 36.5 Å². The van der Waals surface area contributed by atoms with Crippen molar-refractivity contribution in [3.63, 3.8) is 0 Å². The summed E-state index contributed by atoms with van der Waals surface area (Å²) in [5.41, 5.74) is -1.51. The summed E-state index contributed by atoms with van der Waals surface area (Å²) in [5, 5.41) is 42.5. The molecule has 0 aromatic heterocycles. The maximum Gasteiger partial charge on any atom is 0.209 e. The van der Waals surface area contributed by atoms with E-state index in [0.717, 1.165) is 24.0 Å². The zero-order valence-electron chi connectivity index (χ0n) is 18.3. The number of aliphatic hydroxyl groups is 3. The number of aliphatic hydroxyl groups excluding tert-OH is 2. The van der Waals surface area contributed by atoms with Gasteiger partial charge in [0.15, 0.2) is 11.4 Å². The van der Waals surface area contributed by atoms with Gasteiger partial charge in [-0.3, -0.25) is 19.3 Å². The largest absolute Gasteiger partial charge is 0.515 e. The minimum atomic E-state index is -2.59. The number of nitrogens with zero attached hydrogens (tertiary/aromatic N) is 1. The Morgan fingerprint density at radius 2 is 1.84 bits per heavy atom. The first kappa shape index (κ1) is 22.2. The number of phenolic OH excluding ortho intramolecular Hbond substituents is 1. The van der Waals surface area contributed by atoms with Crippen molar-refractivity contribution < 1.29 is 34.8 Å². The summed E-state index contributed by atoms with van der Waals surface area (Å²) >= 11 is 0. The average Bonchev–Trinajstić information content (AvgIpc) is 2.73. The maximum atomic E-state index is 13.6. The van der Waals surface area contributed by atoms with Crippen molar-refractivity contribution in [3.05, 3.63) is 46.2 Å². The number of aryl methyl sites for hydroxylation is 1. The first-order valence-electron chi connectivity index (χ1n) is 10.7. The fourth-order valence-corrected chi connectivity index (χ4v) is 5.71. The molecule has 2 saturated carbocycles. The number of rotatable bonds is 3. The summed E-state index contributed by atoms with van der Waals surface area (Å²) in [7, 11) is 3.21. The molecule has 0 bridgehead atoms. The molecule has 0 spiro atoms. The molecule has 0 radical (unpaired) electrons. The van der Waals surface area contributed by atoms with Gasteiger partial charge in [0.05, 0.1) is 17.9 Å². The van der Waals surface area contributed by atoms with E-state index in [2.05, 4.69) is 0 Å². The minimum Gasteiger partial charge on any atom is -0.515 e. The second kappa shape index (κ2) is 7.56. The molecular formula is C24H27NO7. The fraction of sp³-hybridized carbons (Fsp3) is 0.458. The Balaban J connectivity index is 1.94. The van der Waals surface area contributed by atoms with Gasteiger partial charge in [-0.1, -0.05) is 19.4 Å². The van der Waals surface area contributed by atoms with Crippen molar-refractivity contribution in [3.8, 4) is 5.75 Å².